The van der Waals surface area contributed by atoms with Crippen molar-refractivity contribution in [1.82, 2.24) is 34.0 Å². The number of hydrogen-bond acceptors (Lipinski definition) is 19. The average Bonchev–Trinajstić information content (AvgIpc) is 3.60. The molecule has 0 aliphatic heterocycles. The lowest BCUT2D eigenvalue weighted by molar-refractivity contribution is -0.179. The number of aliphatic hydroxyl groups excluding tert-OH is 2. The normalized spacial score (nSPS) is 16.1. The van der Waals surface area contributed by atoms with E-state index < -0.39 is 83.9 Å². The van der Waals surface area contributed by atoms with Crippen LogP contribution in [-0.4, -0.2) is 136 Å². The maximum atomic E-state index is 13.5. The third-order valence-corrected chi connectivity index (χ3v) is 9.80. The number of amides is 1. The van der Waals surface area contributed by atoms with Crippen LogP contribution in [0.5, 0.6) is 0 Å². The molecule has 0 aromatic carbocycles. The fourth-order valence-corrected chi connectivity index (χ4v) is 6.63. The standard InChI is InChI=1S/C31H49N9O16P2/c1-5-7-9-12-38(22(41)10-8-6-2)14-23(42)55-25(29(43)40-18-36-24-27(33)34-17-35-28(24)40)19(51-3)16-54-58(49,50)56-26(20(52-4)15-53-57(46,47)48)30(44)39-13-11-21(32)37-31(39)45/h6,11,13,17-20,25-26,29-30,43-44H,2,5,7-10,12,14-16H2,1,3-4H3,(H,49,50)(H2,32,37,45)(H2,33,34,35)(H2,46,47,48)/t19-,20-,25-,26-,29-,30-/m1/s1. The van der Waals surface area contributed by atoms with Gasteiger partial charge in [0.25, 0.3) is 0 Å². The number of fused-ring (bicyclic) bond motifs is 1. The van der Waals surface area contributed by atoms with Crippen LogP contribution in [0.3, 0.4) is 0 Å². The van der Waals surface area contributed by atoms with Crippen molar-refractivity contribution in [2.75, 3.05) is 52.0 Å². The summed E-state index contributed by atoms with van der Waals surface area (Å²) in [6.45, 7) is 3.17. The second-order valence-corrected chi connectivity index (χ2v) is 15.1. The van der Waals surface area contributed by atoms with Gasteiger partial charge in [-0.05, 0) is 18.9 Å². The molecule has 3 heterocycles. The number of imidazole rings is 1. The molecule has 7 atom stereocenters. The fourth-order valence-electron chi connectivity index (χ4n) is 5.34. The number of nitrogen functional groups attached to an aromatic ring is 2. The van der Waals surface area contributed by atoms with Gasteiger partial charge in [0.15, 0.2) is 30.0 Å². The number of nitrogens with zero attached hydrogens (tertiary/aromatic N) is 7. The van der Waals surface area contributed by atoms with Crippen molar-refractivity contribution < 1.29 is 71.4 Å². The highest BCUT2D eigenvalue weighted by Gasteiger charge is 2.42. The number of esters is 1. The number of phosphoric ester groups is 2. The molecule has 0 aliphatic carbocycles. The van der Waals surface area contributed by atoms with E-state index in [-0.39, 0.29) is 41.7 Å². The van der Waals surface area contributed by atoms with Gasteiger partial charge in [-0.25, -0.2) is 28.9 Å². The third kappa shape index (κ3) is 14.0. The Hall–Kier alpha value is -4.23. The van der Waals surface area contributed by atoms with Crippen LogP contribution in [0.2, 0.25) is 0 Å². The zero-order valence-electron chi connectivity index (χ0n) is 31.8. The van der Waals surface area contributed by atoms with Gasteiger partial charge in [0.05, 0.1) is 19.5 Å². The molecule has 3 aromatic heterocycles. The third-order valence-electron chi connectivity index (χ3n) is 8.33. The highest BCUT2D eigenvalue weighted by Crippen LogP contribution is 2.47. The van der Waals surface area contributed by atoms with Crippen LogP contribution in [0, 0.1) is 0 Å². The van der Waals surface area contributed by atoms with Crippen LogP contribution in [0.1, 0.15) is 51.5 Å². The van der Waals surface area contributed by atoms with Gasteiger partial charge >= 0.3 is 27.3 Å². The highest BCUT2D eigenvalue weighted by atomic mass is 31.2. The Balaban J connectivity index is 1.96. The Morgan fingerprint density at radius 2 is 1.64 bits per heavy atom. The molecule has 3 aromatic rings. The zero-order chi connectivity index (χ0) is 43.2. The number of carbonyl (C=O) groups is 2. The maximum Gasteiger partial charge on any atom is 0.472 e. The van der Waals surface area contributed by atoms with Crippen molar-refractivity contribution in [3.8, 4) is 0 Å². The van der Waals surface area contributed by atoms with Crippen molar-refractivity contribution in [2.24, 2.45) is 0 Å². The molecule has 324 valence electrons. The smallest absolute Gasteiger partial charge is 0.453 e. The van der Waals surface area contributed by atoms with Gasteiger partial charge < -0.3 is 55.5 Å². The summed E-state index contributed by atoms with van der Waals surface area (Å²) in [5, 5.41) is 22.8. The molecule has 0 fully saturated rings. The first kappa shape index (κ1) is 48.1. The van der Waals surface area contributed by atoms with E-state index in [0.717, 1.165) is 56.5 Å². The quantitative estimate of drug-likeness (QED) is 0.0237. The first-order valence-electron chi connectivity index (χ1n) is 17.5. The minimum absolute atomic E-state index is 0.0128. The molecule has 25 nitrogen and oxygen atoms in total. The second-order valence-electron chi connectivity index (χ2n) is 12.4. The van der Waals surface area contributed by atoms with Gasteiger partial charge in [-0.2, -0.15) is 4.98 Å². The summed E-state index contributed by atoms with van der Waals surface area (Å²) in [7, 11) is -8.61. The molecular formula is C31H49N9O16P2. The van der Waals surface area contributed by atoms with E-state index in [1.807, 2.05) is 6.92 Å². The average molecular weight is 866 g/mol. The molecule has 27 heteroatoms. The van der Waals surface area contributed by atoms with E-state index in [9.17, 15) is 48.4 Å². The molecule has 58 heavy (non-hydrogen) atoms. The van der Waals surface area contributed by atoms with Gasteiger partial charge in [-0.15, -0.1) is 6.58 Å². The lowest BCUT2D eigenvalue weighted by Gasteiger charge is -2.33. The van der Waals surface area contributed by atoms with Crippen molar-refractivity contribution in [3.63, 3.8) is 0 Å². The van der Waals surface area contributed by atoms with E-state index in [0.29, 0.717) is 17.4 Å². The largest absolute Gasteiger partial charge is 0.472 e. The van der Waals surface area contributed by atoms with Crippen LogP contribution >= 0.6 is 15.6 Å². The molecule has 3 rings (SSSR count). The molecule has 9 N–H and O–H groups in total. The molecule has 0 spiro atoms. The number of anilines is 2. The van der Waals surface area contributed by atoms with E-state index in [1.165, 1.54) is 4.90 Å². The topological polar surface area (TPSA) is 359 Å². The van der Waals surface area contributed by atoms with Crippen molar-refractivity contribution in [2.45, 2.75) is 75.9 Å². The predicted octanol–water partition coefficient (Wildman–Crippen LogP) is -0.232. The molecule has 1 unspecified atom stereocenters. The summed E-state index contributed by atoms with van der Waals surface area (Å²) in [4.78, 5) is 85.3. The Morgan fingerprint density at radius 1 is 0.983 bits per heavy atom. The van der Waals surface area contributed by atoms with Crippen LogP contribution in [0.4, 0.5) is 11.6 Å². The van der Waals surface area contributed by atoms with E-state index in [4.69, 9.17) is 34.7 Å². The highest BCUT2D eigenvalue weighted by molar-refractivity contribution is 7.47. The summed E-state index contributed by atoms with van der Waals surface area (Å²) in [5.41, 5.74) is 10.3. The molecule has 0 aliphatic rings. The number of hydrogen-bond donors (Lipinski definition) is 7. The number of nitrogens with two attached hydrogens (primary N) is 2. The monoisotopic (exact) mass is 865 g/mol. The van der Waals surface area contributed by atoms with E-state index in [1.54, 1.807) is 6.08 Å². The molecule has 0 bridgehead atoms. The van der Waals surface area contributed by atoms with E-state index in [2.05, 4.69) is 31.0 Å². The van der Waals surface area contributed by atoms with Gasteiger partial charge in [0.2, 0.25) is 5.91 Å². The fraction of sp³-hybridized carbons (Fsp3) is 0.581. The Bertz CT molecular complexity index is 1980. The number of phosphoric acid groups is 2. The predicted molar refractivity (Wildman–Crippen MR) is 201 cm³/mol. The van der Waals surface area contributed by atoms with Crippen LogP contribution in [0.15, 0.2) is 42.4 Å². The first-order valence-corrected chi connectivity index (χ1v) is 20.5. The van der Waals surface area contributed by atoms with Gasteiger partial charge in [-0.1, -0.05) is 25.8 Å². The second kappa shape index (κ2) is 22.2. The Morgan fingerprint density at radius 3 is 2.26 bits per heavy atom. The number of allylic oxidation sites excluding steroid dienone is 1. The summed E-state index contributed by atoms with van der Waals surface area (Å²) in [6.07, 6.45) is -4.27. The minimum atomic E-state index is -5.49. The summed E-state index contributed by atoms with van der Waals surface area (Å²) in [6, 6.07) is 1.09. The van der Waals surface area contributed by atoms with Crippen molar-refractivity contribution in [1.29, 1.82) is 0 Å². The number of rotatable bonds is 26. The molecular weight excluding hydrogens is 816 g/mol. The summed E-state index contributed by atoms with van der Waals surface area (Å²) < 4.78 is 57.7. The number of ether oxygens (including phenoxy) is 3. The van der Waals surface area contributed by atoms with Crippen molar-refractivity contribution in [3.05, 3.63) is 48.1 Å². The van der Waals surface area contributed by atoms with Gasteiger partial charge in [0.1, 0.15) is 42.5 Å². The van der Waals surface area contributed by atoms with Gasteiger partial charge in [0, 0.05) is 33.4 Å². The number of aliphatic hydroxyl groups is 2. The molecule has 0 radical (unpaired) electrons. The molecule has 1 amide bonds. The van der Waals surface area contributed by atoms with Crippen molar-refractivity contribution >= 4 is 50.3 Å². The molecule has 0 saturated carbocycles. The van der Waals surface area contributed by atoms with E-state index >= 15 is 0 Å². The van der Waals surface area contributed by atoms with Crippen LogP contribution < -0.4 is 17.2 Å². The van der Waals surface area contributed by atoms with Crippen LogP contribution in [-0.2, 0) is 46.5 Å². The van der Waals surface area contributed by atoms with Gasteiger partial charge in [-0.3, -0.25) is 32.3 Å². The molecule has 0 saturated heterocycles. The lowest BCUT2D eigenvalue weighted by atomic mass is 10.1. The summed E-state index contributed by atoms with van der Waals surface area (Å²) in [5.74, 6) is -1.68. The number of unbranched alkanes of at least 4 members (excludes halogenated alkanes) is 2. The Kier molecular flexibility index (Phi) is 18.4. The summed E-state index contributed by atoms with van der Waals surface area (Å²) >= 11 is 0. The lowest BCUT2D eigenvalue weighted by Crippen LogP contribution is -2.45. The maximum absolute atomic E-state index is 13.5. The minimum Gasteiger partial charge on any atom is -0.453 e. The first-order chi connectivity index (χ1) is 27.4. The number of carbonyl (C=O) groups excluding carboxylic acids is 2. The zero-order valence-corrected chi connectivity index (χ0v) is 33.6. The SMILES string of the molecule is C=CCCC(=O)N(CCCCC)CC(=O)O[C@@H]([C@@H](O)n1cnc2c(N)ncnc21)[C@@H](COP(=O)(O)O[C@@H]([C@@H](O)n1ccc(N)nc1=O)[C@@H](COP(=O)(O)O)OC)OC. The van der Waals surface area contributed by atoms with Crippen LogP contribution in [0.25, 0.3) is 11.2 Å². The number of methoxy groups -OCH3 is 2. The number of aromatic nitrogens is 6. The Labute approximate surface area is 331 Å².